The summed E-state index contributed by atoms with van der Waals surface area (Å²) in [6.45, 7) is 2.59. The summed E-state index contributed by atoms with van der Waals surface area (Å²) in [6.07, 6.45) is 7.40. The summed E-state index contributed by atoms with van der Waals surface area (Å²) in [5.74, 6) is 0.988. The molecule has 21 heavy (non-hydrogen) atoms. The SMILES string of the molecule is O=C(NCc1ccnc(N2CCCC2)c1)Nc1cn[nH]c1. The fraction of sp³-hybridized carbons (Fsp3) is 0.357. The van der Waals surface area contributed by atoms with Crippen molar-refractivity contribution < 1.29 is 4.79 Å². The van der Waals surface area contributed by atoms with Crippen LogP contribution in [0.4, 0.5) is 16.3 Å². The number of urea groups is 1. The van der Waals surface area contributed by atoms with Crippen LogP contribution in [0.1, 0.15) is 18.4 Å². The molecule has 0 atom stereocenters. The van der Waals surface area contributed by atoms with Crippen molar-refractivity contribution in [3.63, 3.8) is 0 Å². The molecule has 0 spiro atoms. The average molecular weight is 286 g/mol. The molecule has 2 amide bonds. The first kappa shape index (κ1) is 13.4. The number of aromatic nitrogens is 3. The third kappa shape index (κ3) is 3.50. The number of carbonyl (C=O) groups excluding carboxylic acids is 1. The molecule has 1 aliphatic heterocycles. The van der Waals surface area contributed by atoms with Gasteiger partial charge in [-0.05, 0) is 30.5 Å². The molecule has 0 aromatic carbocycles. The summed E-state index contributed by atoms with van der Waals surface area (Å²) < 4.78 is 0. The van der Waals surface area contributed by atoms with Crippen molar-refractivity contribution in [1.82, 2.24) is 20.5 Å². The van der Waals surface area contributed by atoms with Crippen molar-refractivity contribution in [3.8, 4) is 0 Å². The van der Waals surface area contributed by atoms with Gasteiger partial charge in [0.25, 0.3) is 0 Å². The van der Waals surface area contributed by atoms with E-state index in [4.69, 9.17) is 0 Å². The number of pyridine rings is 1. The molecular weight excluding hydrogens is 268 g/mol. The normalized spacial score (nSPS) is 14.2. The lowest BCUT2D eigenvalue weighted by molar-refractivity contribution is 0.251. The molecule has 2 aromatic rings. The molecule has 2 aromatic heterocycles. The minimum Gasteiger partial charge on any atom is -0.357 e. The number of anilines is 2. The van der Waals surface area contributed by atoms with Gasteiger partial charge in [0, 0.05) is 32.0 Å². The van der Waals surface area contributed by atoms with Gasteiger partial charge in [-0.3, -0.25) is 5.10 Å². The monoisotopic (exact) mass is 286 g/mol. The highest BCUT2D eigenvalue weighted by atomic mass is 16.2. The fourth-order valence-electron chi connectivity index (χ4n) is 2.37. The Morgan fingerprint density at radius 3 is 3.00 bits per heavy atom. The van der Waals surface area contributed by atoms with E-state index in [1.165, 1.54) is 12.8 Å². The predicted molar refractivity (Wildman–Crippen MR) is 80.1 cm³/mol. The summed E-state index contributed by atoms with van der Waals surface area (Å²) in [7, 11) is 0. The van der Waals surface area contributed by atoms with Gasteiger partial charge in [-0.1, -0.05) is 0 Å². The Balaban J connectivity index is 1.55. The van der Waals surface area contributed by atoms with Crippen molar-refractivity contribution in [2.24, 2.45) is 0 Å². The van der Waals surface area contributed by atoms with Gasteiger partial charge >= 0.3 is 6.03 Å². The molecule has 7 heteroatoms. The fourth-order valence-corrected chi connectivity index (χ4v) is 2.37. The molecule has 0 saturated carbocycles. The summed E-state index contributed by atoms with van der Waals surface area (Å²) in [5, 5.41) is 11.9. The molecule has 3 rings (SSSR count). The number of hydrogen-bond acceptors (Lipinski definition) is 4. The molecule has 0 aliphatic carbocycles. The lowest BCUT2D eigenvalue weighted by atomic mass is 10.2. The zero-order valence-corrected chi connectivity index (χ0v) is 11.7. The Morgan fingerprint density at radius 1 is 1.38 bits per heavy atom. The second-order valence-corrected chi connectivity index (χ2v) is 5.01. The molecule has 7 nitrogen and oxygen atoms in total. The van der Waals surface area contributed by atoms with Crippen LogP contribution >= 0.6 is 0 Å². The Bertz CT molecular complexity index is 591. The van der Waals surface area contributed by atoms with Gasteiger partial charge in [-0.15, -0.1) is 0 Å². The second-order valence-electron chi connectivity index (χ2n) is 5.01. The Kier molecular flexibility index (Phi) is 3.99. The number of H-pyrrole nitrogens is 1. The van der Waals surface area contributed by atoms with E-state index in [0.717, 1.165) is 24.5 Å². The number of nitrogens with one attached hydrogen (secondary N) is 3. The lowest BCUT2D eigenvalue weighted by Gasteiger charge is -2.17. The van der Waals surface area contributed by atoms with Crippen LogP contribution in [0.2, 0.25) is 0 Å². The van der Waals surface area contributed by atoms with Crippen molar-refractivity contribution in [1.29, 1.82) is 0 Å². The van der Waals surface area contributed by atoms with Crippen molar-refractivity contribution in [3.05, 3.63) is 36.3 Å². The Labute approximate surface area is 122 Å². The van der Waals surface area contributed by atoms with Gasteiger partial charge in [-0.25, -0.2) is 9.78 Å². The van der Waals surface area contributed by atoms with Crippen LogP contribution in [-0.2, 0) is 6.54 Å². The summed E-state index contributed by atoms with van der Waals surface area (Å²) in [6, 6.07) is 3.69. The van der Waals surface area contributed by atoms with Crippen LogP contribution in [0.5, 0.6) is 0 Å². The van der Waals surface area contributed by atoms with E-state index in [-0.39, 0.29) is 6.03 Å². The number of rotatable bonds is 4. The number of hydrogen-bond donors (Lipinski definition) is 3. The number of amides is 2. The van der Waals surface area contributed by atoms with E-state index in [9.17, 15) is 4.79 Å². The van der Waals surface area contributed by atoms with Gasteiger partial charge in [0.15, 0.2) is 0 Å². The van der Waals surface area contributed by atoms with Crippen LogP contribution in [0.25, 0.3) is 0 Å². The first-order valence-electron chi connectivity index (χ1n) is 7.05. The van der Waals surface area contributed by atoms with Crippen molar-refractivity contribution in [2.75, 3.05) is 23.3 Å². The van der Waals surface area contributed by atoms with Crippen LogP contribution in [0, 0.1) is 0 Å². The quantitative estimate of drug-likeness (QED) is 0.799. The molecule has 0 unspecified atom stereocenters. The van der Waals surface area contributed by atoms with Crippen molar-refractivity contribution in [2.45, 2.75) is 19.4 Å². The Hall–Kier alpha value is -2.57. The van der Waals surface area contributed by atoms with Gasteiger partial charge in [0.05, 0.1) is 11.9 Å². The molecule has 1 fully saturated rings. The highest BCUT2D eigenvalue weighted by Crippen LogP contribution is 2.18. The maximum absolute atomic E-state index is 11.7. The van der Waals surface area contributed by atoms with Gasteiger partial charge in [-0.2, -0.15) is 5.10 Å². The number of aromatic amines is 1. The molecule has 3 N–H and O–H groups in total. The maximum Gasteiger partial charge on any atom is 0.319 e. The topological polar surface area (TPSA) is 85.9 Å². The zero-order valence-electron chi connectivity index (χ0n) is 11.7. The molecule has 0 radical (unpaired) electrons. The van der Waals surface area contributed by atoms with E-state index in [1.54, 1.807) is 18.6 Å². The highest BCUT2D eigenvalue weighted by molar-refractivity contribution is 5.88. The number of nitrogens with zero attached hydrogens (tertiary/aromatic N) is 3. The predicted octanol–water partition coefficient (Wildman–Crippen LogP) is 1.73. The molecular formula is C14H18N6O. The summed E-state index contributed by atoms with van der Waals surface area (Å²) in [4.78, 5) is 18.4. The van der Waals surface area contributed by atoms with E-state index in [1.807, 2.05) is 12.1 Å². The third-order valence-electron chi connectivity index (χ3n) is 3.45. The van der Waals surface area contributed by atoms with Crippen molar-refractivity contribution >= 4 is 17.5 Å². The first-order chi connectivity index (χ1) is 10.3. The molecule has 0 bridgehead atoms. The van der Waals surface area contributed by atoms with Crippen LogP contribution < -0.4 is 15.5 Å². The highest BCUT2D eigenvalue weighted by Gasteiger charge is 2.13. The third-order valence-corrected chi connectivity index (χ3v) is 3.45. The minimum absolute atomic E-state index is 0.254. The number of carbonyl (C=O) groups is 1. The van der Waals surface area contributed by atoms with E-state index in [2.05, 4.69) is 30.7 Å². The van der Waals surface area contributed by atoms with E-state index < -0.39 is 0 Å². The van der Waals surface area contributed by atoms with Gasteiger partial charge in [0.1, 0.15) is 5.82 Å². The average Bonchev–Trinajstić information content (AvgIpc) is 3.19. The van der Waals surface area contributed by atoms with Gasteiger partial charge < -0.3 is 15.5 Å². The largest absolute Gasteiger partial charge is 0.357 e. The van der Waals surface area contributed by atoms with E-state index >= 15 is 0 Å². The smallest absolute Gasteiger partial charge is 0.319 e. The Morgan fingerprint density at radius 2 is 2.24 bits per heavy atom. The van der Waals surface area contributed by atoms with Crippen LogP contribution in [0.15, 0.2) is 30.7 Å². The molecule has 1 aliphatic rings. The van der Waals surface area contributed by atoms with Gasteiger partial charge in [0.2, 0.25) is 0 Å². The molecule has 110 valence electrons. The lowest BCUT2D eigenvalue weighted by Crippen LogP contribution is -2.28. The summed E-state index contributed by atoms with van der Waals surface area (Å²) >= 11 is 0. The second kappa shape index (κ2) is 6.25. The van der Waals surface area contributed by atoms with Crippen LogP contribution in [-0.4, -0.2) is 34.3 Å². The molecule has 3 heterocycles. The first-order valence-corrected chi connectivity index (χ1v) is 7.05. The van der Waals surface area contributed by atoms with E-state index in [0.29, 0.717) is 12.2 Å². The van der Waals surface area contributed by atoms with Crippen LogP contribution in [0.3, 0.4) is 0 Å². The molecule has 1 saturated heterocycles. The summed E-state index contributed by atoms with van der Waals surface area (Å²) in [5.41, 5.74) is 1.68. The maximum atomic E-state index is 11.7. The minimum atomic E-state index is -0.254. The standard InChI is InChI=1S/C14H18N6O/c21-14(19-12-9-17-18-10-12)16-8-11-3-4-15-13(7-11)20-5-1-2-6-20/h3-4,7,9-10H,1-2,5-6,8H2,(H,17,18)(H2,16,19,21). The zero-order chi connectivity index (χ0) is 14.5.